The molecule has 2 heterocycles. The molecular formula is C19H23N5O2S. The van der Waals surface area contributed by atoms with Gasteiger partial charge in [-0.1, -0.05) is 12.1 Å². The highest BCUT2D eigenvalue weighted by molar-refractivity contribution is 7.92. The second kappa shape index (κ2) is 7.21. The molecule has 0 spiro atoms. The molecule has 0 bridgehead atoms. The molecule has 3 N–H and O–H groups in total. The average molecular weight is 385 g/mol. The Labute approximate surface area is 158 Å². The number of nitrogens with zero attached hydrogens (tertiary/aromatic N) is 2. The zero-order valence-electron chi connectivity index (χ0n) is 15.1. The first-order valence-corrected chi connectivity index (χ1v) is 10.8. The van der Waals surface area contributed by atoms with Crippen molar-refractivity contribution in [1.82, 2.24) is 15.1 Å². The van der Waals surface area contributed by atoms with Crippen molar-refractivity contribution >= 4 is 32.3 Å². The van der Waals surface area contributed by atoms with Crippen molar-refractivity contribution in [2.24, 2.45) is 0 Å². The summed E-state index contributed by atoms with van der Waals surface area (Å²) < 4.78 is 25.3. The molecule has 8 heteroatoms. The SMILES string of the molecule is CS(=O)(=O)Nc1cccc(CN2CC[C@H](Nc3ccc4[nH]ncc4c3)C2)c1. The lowest BCUT2D eigenvalue weighted by Crippen LogP contribution is -2.26. The van der Waals surface area contributed by atoms with Gasteiger partial charge in [0.2, 0.25) is 10.0 Å². The van der Waals surface area contributed by atoms with Crippen molar-refractivity contribution in [3.05, 3.63) is 54.2 Å². The third kappa shape index (κ3) is 4.58. The molecule has 1 aliphatic rings. The van der Waals surface area contributed by atoms with Gasteiger partial charge in [-0.05, 0) is 42.3 Å². The fourth-order valence-corrected chi connectivity index (χ4v) is 4.12. The molecule has 0 amide bonds. The van der Waals surface area contributed by atoms with E-state index in [1.165, 1.54) is 0 Å². The van der Waals surface area contributed by atoms with Crippen molar-refractivity contribution in [2.75, 3.05) is 29.4 Å². The summed E-state index contributed by atoms with van der Waals surface area (Å²) in [5, 5.41) is 11.7. The first-order chi connectivity index (χ1) is 12.9. The zero-order chi connectivity index (χ0) is 18.9. The van der Waals surface area contributed by atoms with Gasteiger partial charge in [-0.25, -0.2) is 8.42 Å². The van der Waals surface area contributed by atoms with E-state index < -0.39 is 10.0 Å². The molecule has 1 saturated heterocycles. The summed E-state index contributed by atoms with van der Waals surface area (Å²) in [7, 11) is -3.26. The minimum atomic E-state index is -3.26. The summed E-state index contributed by atoms with van der Waals surface area (Å²) in [6.45, 7) is 2.76. The smallest absolute Gasteiger partial charge is 0.229 e. The molecule has 0 aliphatic carbocycles. The summed E-state index contributed by atoms with van der Waals surface area (Å²) in [6.07, 6.45) is 4.07. The fraction of sp³-hybridized carbons (Fsp3) is 0.316. The Morgan fingerprint density at radius 3 is 2.96 bits per heavy atom. The Bertz CT molecular complexity index is 1050. The molecule has 0 unspecified atom stereocenters. The molecule has 3 aromatic rings. The predicted molar refractivity (Wildman–Crippen MR) is 108 cm³/mol. The molecule has 27 heavy (non-hydrogen) atoms. The minimum Gasteiger partial charge on any atom is -0.381 e. The van der Waals surface area contributed by atoms with Crippen LogP contribution in [0.1, 0.15) is 12.0 Å². The number of aromatic amines is 1. The van der Waals surface area contributed by atoms with E-state index in [9.17, 15) is 8.42 Å². The van der Waals surface area contributed by atoms with Crippen LogP contribution >= 0.6 is 0 Å². The number of hydrogen-bond acceptors (Lipinski definition) is 5. The topological polar surface area (TPSA) is 90.1 Å². The molecule has 1 fully saturated rings. The first-order valence-electron chi connectivity index (χ1n) is 8.93. The molecule has 7 nitrogen and oxygen atoms in total. The van der Waals surface area contributed by atoms with Gasteiger partial charge in [0.15, 0.2) is 0 Å². The van der Waals surface area contributed by atoms with Gasteiger partial charge in [0.05, 0.1) is 18.0 Å². The number of fused-ring (bicyclic) bond motifs is 1. The average Bonchev–Trinajstić information content (AvgIpc) is 3.22. The molecule has 142 valence electrons. The molecule has 1 aliphatic heterocycles. The lowest BCUT2D eigenvalue weighted by Gasteiger charge is -2.18. The van der Waals surface area contributed by atoms with Crippen LogP contribution in [-0.4, -0.2) is 48.9 Å². The highest BCUT2D eigenvalue weighted by atomic mass is 32.2. The van der Waals surface area contributed by atoms with Gasteiger partial charge in [-0.2, -0.15) is 5.10 Å². The lowest BCUT2D eigenvalue weighted by molar-refractivity contribution is 0.329. The van der Waals surface area contributed by atoms with Crippen LogP contribution in [0.25, 0.3) is 10.9 Å². The van der Waals surface area contributed by atoms with E-state index in [0.29, 0.717) is 11.7 Å². The molecule has 4 rings (SSSR count). The van der Waals surface area contributed by atoms with Crippen LogP contribution < -0.4 is 10.0 Å². The van der Waals surface area contributed by atoms with Crippen LogP contribution in [-0.2, 0) is 16.6 Å². The van der Waals surface area contributed by atoms with Crippen LogP contribution in [0.2, 0.25) is 0 Å². The standard InChI is InChI=1S/C19H23N5O2S/c1-27(25,26)23-17-4-2-3-14(9-17)12-24-8-7-18(13-24)21-16-5-6-19-15(10-16)11-20-22-19/h2-6,9-11,18,21,23H,7-8,12-13H2,1H3,(H,20,22)/t18-/m0/s1. The number of likely N-dealkylation sites (tertiary alicyclic amines) is 1. The van der Waals surface area contributed by atoms with E-state index in [2.05, 4.69) is 37.3 Å². The van der Waals surface area contributed by atoms with E-state index in [-0.39, 0.29) is 0 Å². The summed E-state index contributed by atoms with van der Waals surface area (Å²) in [4.78, 5) is 2.38. The highest BCUT2D eigenvalue weighted by Crippen LogP contribution is 2.22. The largest absolute Gasteiger partial charge is 0.381 e. The van der Waals surface area contributed by atoms with Crippen LogP contribution in [0.5, 0.6) is 0 Å². The van der Waals surface area contributed by atoms with Gasteiger partial charge in [0.1, 0.15) is 0 Å². The number of aromatic nitrogens is 2. The van der Waals surface area contributed by atoms with Crippen molar-refractivity contribution in [1.29, 1.82) is 0 Å². The molecule has 0 radical (unpaired) electrons. The predicted octanol–water partition coefficient (Wildman–Crippen LogP) is 2.62. The van der Waals surface area contributed by atoms with Gasteiger partial charge in [0.25, 0.3) is 0 Å². The second-order valence-electron chi connectivity index (χ2n) is 7.11. The summed E-state index contributed by atoms with van der Waals surface area (Å²) >= 11 is 0. The summed E-state index contributed by atoms with van der Waals surface area (Å²) in [5.74, 6) is 0. The third-order valence-corrected chi connectivity index (χ3v) is 5.33. The summed E-state index contributed by atoms with van der Waals surface area (Å²) in [5.41, 5.74) is 3.85. The normalized spacial score (nSPS) is 18.0. The van der Waals surface area contributed by atoms with Crippen molar-refractivity contribution in [2.45, 2.75) is 19.0 Å². The number of sulfonamides is 1. The monoisotopic (exact) mass is 385 g/mol. The Balaban J connectivity index is 1.36. The highest BCUT2D eigenvalue weighted by Gasteiger charge is 2.22. The minimum absolute atomic E-state index is 0.395. The number of H-pyrrole nitrogens is 1. The van der Waals surface area contributed by atoms with Gasteiger partial charge < -0.3 is 5.32 Å². The van der Waals surface area contributed by atoms with Crippen molar-refractivity contribution in [3.63, 3.8) is 0 Å². The van der Waals surface area contributed by atoms with Crippen LogP contribution in [0, 0.1) is 0 Å². The van der Waals surface area contributed by atoms with Crippen LogP contribution in [0.3, 0.4) is 0 Å². The first kappa shape index (κ1) is 17.8. The number of nitrogens with one attached hydrogen (secondary N) is 3. The zero-order valence-corrected chi connectivity index (χ0v) is 16.0. The maximum absolute atomic E-state index is 11.4. The number of anilines is 2. The third-order valence-electron chi connectivity index (χ3n) is 4.72. The van der Waals surface area contributed by atoms with E-state index in [0.717, 1.165) is 54.5 Å². The van der Waals surface area contributed by atoms with E-state index >= 15 is 0 Å². The van der Waals surface area contributed by atoms with E-state index in [1.54, 1.807) is 6.07 Å². The number of rotatable bonds is 6. The Morgan fingerprint density at radius 2 is 2.11 bits per heavy atom. The van der Waals surface area contributed by atoms with Crippen molar-refractivity contribution < 1.29 is 8.42 Å². The summed E-state index contributed by atoms with van der Waals surface area (Å²) in [6, 6.07) is 14.2. The van der Waals surface area contributed by atoms with Crippen molar-refractivity contribution in [3.8, 4) is 0 Å². The molecular weight excluding hydrogens is 362 g/mol. The van der Waals surface area contributed by atoms with E-state index in [1.807, 2.05) is 30.5 Å². The van der Waals surface area contributed by atoms with Gasteiger partial charge in [-0.15, -0.1) is 0 Å². The number of hydrogen-bond donors (Lipinski definition) is 3. The molecule has 1 atom stereocenters. The molecule has 1 aromatic heterocycles. The quantitative estimate of drug-likeness (QED) is 0.607. The fourth-order valence-electron chi connectivity index (χ4n) is 3.57. The Morgan fingerprint density at radius 1 is 1.22 bits per heavy atom. The maximum atomic E-state index is 11.4. The Kier molecular flexibility index (Phi) is 4.75. The van der Waals surface area contributed by atoms with Gasteiger partial charge >= 0.3 is 0 Å². The molecule has 0 saturated carbocycles. The molecule has 2 aromatic carbocycles. The maximum Gasteiger partial charge on any atom is 0.229 e. The Hall–Kier alpha value is -2.58. The van der Waals surface area contributed by atoms with Gasteiger partial charge in [-0.3, -0.25) is 14.7 Å². The van der Waals surface area contributed by atoms with E-state index in [4.69, 9.17) is 0 Å². The van der Waals surface area contributed by atoms with Crippen LogP contribution in [0.4, 0.5) is 11.4 Å². The number of benzene rings is 2. The van der Waals surface area contributed by atoms with Crippen LogP contribution in [0.15, 0.2) is 48.7 Å². The lowest BCUT2D eigenvalue weighted by atomic mass is 10.2. The van der Waals surface area contributed by atoms with Gasteiger partial charge in [0, 0.05) is 42.4 Å². The second-order valence-corrected chi connectivity index (χ2v) is 8.86.